The quantitative estimate of drug-likeness (QED) is 0.518. The summed E-state index contributed by atoms with van der Waals surface area (Å²) in [5.41, 5.74) is 4.49. The van der Waals surface area contributed by atoms with Gasteiger partial charge >= 0.3 is 0 Å². The van der Waals surface area contributed by atoms with Crippen molar-refractivity contribution in [1.82, 2.24) is 20.2 Å². The van der Waals surface area contributed by atoms with Gasteiger partial charge in [-0.15, -0.1) is 5.10 Å². The molecule has 4 aromatic rings. The zero-order chi connectivity index (χ0) is 20.9. The van der Waals surface area contributed by atoms with Gasteiger partial charge in [0.1, 0.15) is 12.3 Å². The Labute approximate surface area is 176 Å². The van der Waals surface area contributed by atoms with Crippen LogP contribution in [0.3, 0.4) is 0 Å². The summed E-state index contributed by atoms with van der Waals surface area (Å²) in [4.78, 5) is 1.26. The maximum absolute atomic E-state index is 5.40. The first-order valence-electron chi connectivity index (χ1n) is 10.0. The zero-order valence-electron chi connectivity index (χ0n) is 17.5. The Kier molecular flexibility index (Phi) is 5.86. The van der Waals surface area contributed by atoms with Crippen LogP contribution < -0.4 is 9.64 Å². The van der Waals surface area contributed by atoms with Gasteiger partial charge in [0, 0.05) is 11.1 Å². The Morgan fingerprint density at radius 1 is 0.967 bits per heavy atom. The second-order valence-electron chi connectivity index (χ2n) is 7.45. The number of benzene rings is 3. The molecule has 3 aromatic carbocycles. The minimum Gasteiger partial charge on any atom is -0.497 e. The molecule has 1 heterocycles. The van der Waals surface area contributed by atoms with Gasteiger partial charge in [-0.05, 0) is 41.1 Å². The van der Waals surface area contributed by atoms with Crippen LogP contribution in [0.1, 0.15) is 28.6 Å². The van der Waals surface area contributed by atoms with Gasteiger partial charge in [0.2, 0.25) is 5.82 Å². The molecule has 1 N–H and O–H groups in total. The lowest BCUT2D eigenvalue weighted by Gasteiger charge is -2.25. The van der Waals surface area contributed by atoms with Crippen LogP contribution in [0, 0.1) is 6.92 Å². The van der Waals surface area contributed by atoms with Crippen LogP contribution in [-0.4, -0.2) is 34.4 Å². The SMILES string of the molecule is COc1cccc(C[NH+](C)[C@@H](c2ccccc2)c2nnnn2-c2ccccc2C)c1. The van der Waals surface area contributed by atoms with E-state index < -0.39 is 0 Å². The van der Waals surface area contributed by atoms with Crippen molar-refractivity contribution in [1.29, 1.82) is 0 Å². The molecule has 0 saturated carbocycles. The number of methoxy groups -OCH3 is 1. The molecule has 6 nitrogen and oxygen atoms in total. The third-order valence-corrected chi connectivity index (χ3v) is 5.34. The smallest absolute Gasteiger partial charge is 0.218 e. The van der Waals surface area contributed by atoms with Crippen LogP contribution in [0.5, 0.6) is 5.75 Å². The first kappa shape index (κ1) is 19.8. The number of nitrogens with one attached hydrogen (secondary N) is 1. The van der Waals surface area contributed by atoms with Crippen molar-refractivity contribution in [2.75, 3.05) is 14.2 Å². The van der Waals surface area contributed by atoms with E-state index in [1.54, 1.807) is 7.11 Å². The minimum atomic E-state index is -0.0352. The van der Waals surface area contributed by atoms with Crippen LogP contribution in [0.25, 0.3) is 5.69 Å². The van der Waals surface area contributed by atoms with Crippen molar-refractivity contribution in [3.05, 3.63) is 101 Å². The Bertz CT molecular complexity index is 1110. The molecule has 0 aliphatic heterocycles. The van der Waals surface area contributed by atoms with Crippen molar-refractivity contribution in [2.24, 2.45) is 0 Å². The maximum Gasteiger partial charge on any atom is 0.218 e. The van der Waals surface area contributed by atoms with Gasteiger partial charge in [0.15, 0.2) is 6.04 Å². The van der Waals surface area contributed by atoms with E-state index in [1.807, 2.05) is 35.0 Å². The van der Waals surface area contributed by atoms with Gasteiger partial charge in [-0.2, -0.15) is 4.68 Å². The van der Waals surface area contributed by atoms with E-state index in [-0.39, 0.29) is 6.04 Å². The summed E-state index contributed by atoms with van der Waals surface area (Å²) in [5, 5.41) is 12.8. The average molecular weight is 401 g/mol. The van der Waals surface area contributed by atoms with E-state index in [0.717, 1.165) is 29.4 Å². The summed E-state index contributed by atoms with van der Waals surface area (Å²) in [6, 6.07) is 26.7. The Balaban J connectivity index is 1.75. The molecule has 0 spiro atoms. The van der Waals surface area contributed by atoms with Gasteiger partial charge in [-0.25, -0.2) is 0 Å². The standard InChI is InChI=1S/C24H25N5O/c1-18-10-7-8-15-22(18)29-24(25-26-27-29)23(20-12-5-4-6-13-20)28(2)17-19-11-9-14-21(16-19)30-3/h4-16,23H,17H2,1-3H3/p+1/t23-/m0/s1. The van der Waals surface area contributed by atoms with Crippen molar-refractivity contribution < 1.29 is 9.64 Å². The molecule has 0 amide bonds. The van der Waals surface area contributed by atoms with Crippen molar-refractivity contribution in [2.45, 2.75) is 19.5 Å². The third-order valence-electron chi connectivity index (χ3n) is 5.34. The van der Waals surface area contributed by atoms with E-state index in [2.05, 4.69) is 78.0 Å². The van der Waals surface area contributed by atoms with Crippen molar-refractivity contribution >= 4 is 0 Å². The molecule has 6 heteroatoms. The highest BCUT2D eigenvalue weighted by atomic mass is 16.5. The Morgan fingerprint density at radius 2 is 1.73 bits per heavy atom. The third kappa shape index (κ3) is 4.09. The van der Waals surface area contributed by atoms with E-state index in [0.29, 0.717) is 0 Å². The van der Waals surface area contributed by atoms with E-state index >= 15 is 0 Å². The topological polar surface area (TPSA) is 57.3 Å². The number of tetrazole rings is 1. The molecule has 152 valence electrons. The highest BCUT2D eigenvalue weighted by molar-refractivity contribution is 5.40. The first-order chi connectivity index (χ1) is 14.7. The van der Waals surface area contributed by atoms with Crippen LogP contribution in [0.15, 0.2) is 78.9 Å². The monoisotopic (exact) mass is 400 g/mol. The summed E-state index contributed by atoms with van der Waals surface area (Å²) < 4.78 is 7.26. The average Bonchev–Trinajstić information content (AvgIpc) is 3.24. The van der Waals surface area contributed by atoms with Crippen molar-refractivity contribution in [3.63, 3.8) is 0 Å². The number of hydrogen-bond donors (Lipinski definition) is 1. The van der Waals surface area contributed by atoms with Gasteiger partial charge in [0.25, 0.3) is 0 Å². The van der Waals surface area contributed by atoms with E-state index in [4.69, 9.17) is 4.74 Å². The molecule has 0 aliphatic rings. The first-order valence-corrected chi connectivity index (χ1v) is 10.0. The lowest BCUT2D eigenvalue weighted by molar-refractivity contribution is -0.920. The molecular formula is C24H26N5O+. The molecule has 0 fully saturated rings. The van der Waals surface area contributed by atoms with Gasteiger partial charge < -0.3 is 9.64 Å². The number of quaternary nitrogens is 1. The van der Waals surface area contributed by atoms with Crippen LogP contribution in [0.2, 0.25) is 0 Å². The predicted molar refractivity (Wildman–Crippen MR) is 116 cm³/mol. The molecule has 0 bridgehead atoms. The highest BCUT2D eigenvalue weighted by Gasteiger charge is 2.30. The molecule has 0 saturated heterocycles. The molecular weight excluding hydrogens is 374 g/mol. The second kappa shape index (κ2) is 8.88. The normalized spacial score (nSPS) is 13.0. The molecule has 1 unspecified atom stereocenters. The number of aromatic nitrogens is 4. The zero-order valence-corrected chi connectivity index (χ0v) is 17.5. The summed E-state index contributed by atoms with van der Waals surface area (Å²) in [5.74, 6) is 1.68. The molecule has 2 atom stereocenters. The van der Waals surface area contributed by atoms with Crippen molar-refractivity contribution in [3.8, 4) is 11.4 Å². The summed E-state index contributed by atoms with van der Waals surface area (Å²) in [6.45, 7) is 2.88. The number of nitrogens with zero attached hydrogens (tertiary/aromatic N) is 4. The number of rotatable bonds is 7. The fraction of sp³-hybridized carbons (Fsp3) is 0.208. The second-order valence-corrected chi connectivity index (χ2v) is 7.45. The van der Waals surface area contributed by atoms with Gasteiger partial charge in [-0.1, -0.05) is 60.7 Å². The molecule has 1 aromatic heterocycles. The fourth-order valence-corrected chi connectivity index (χ4v) is 3.85. The van der Waals surface area contributed by atoms with Crippen LogP contribution >= 0.6 is 0 Å². The summed E-state index contributed by atoms with van der Waals surface area (Å²) >= 11 is 0. The van der Waals surface area contributed by atoms with E-state index in [1.165, 1.54) is 16.0 Å². The number of ether oxygens (including phenoxy) is 1. The number of aryl methyl sites for hydroxylation is 1. The van der Waals surface area contributed by atoms with E-state index in [9.17, 15) is 0 Å². The lowest BCUT2D eigenvalue weighted by Crippen LogP contribution is -3.08. The summed E-state index contributed by atoms with van der Waals surface area (Å²) in [6.07, 6.45) is 0. The number of hydrogen-bond acceptors (Lipinski definition) is 4. The highest BCUT2D eigenvalue weighted by Crippen LogP contribution is 2.21. The Morgan fingerprint density at radius 3 is 2.50 bits per heavy atom. The molecule has 0 radical (unpaired) electrons. The largest absolute Gasteiger partial charge is 0.497 e. The molecule has 30 heavy (non-hydrogen) atoms. The molecule has 0 aliphatic carbocycles. The number of para-hydroxylation sites is 1. The minimum absolute atomic E-state index is 0.0352. The predicted octanol–water partition coefficient (Wildman–Crippen LogP) is 2.78. The van der Waals surface area contributed by atoms with Crippen LogP contribution in [0.4, 0.5) is 0 Å². The Hall–Kier alpha value is -3.51. The maximum atomic E-state index is 5.40. The lowest BCUT2D eigenvalue weighted by atomic mass is 10.0. The fourth-order valence-electron chi connectivity index (χ4n) is 3.85. The summed E-state index contributed by atoms with van der Waals surface area (Å²) in [7, 11) is 3.87. The van der Waals surface area contributed by atoms with Gasteiger partial charge in [0.05, 0.1) is 19.8 Å². The van der Waals surface area contributed by atoms with Crippen LogP contribution in [-0.2, 0) is 6.54 Å². The van der Waals surface area contributed by atoms with Gasteiger partial charge in [-0.3, -0.25) is 0 Å². The molecule has 4 rings (SSSR count).